The Morgan fingerprint density at radius 2 is 2.10 bits per heavy atom. The van der Waals surface area contributed by atoms with Crippen LogP contribution in [-0.4, -0.2) is 28.8 Å². The summed E-state index contributed by atoms with van der Waals surface area (Å²) >= 11 is 11.8. The van der Waals surface area contributed by atoms with Crippen molar-refractivity contribution in [2.75, 3.05) is 6.54 Å². The van der Waals surface area contributed by atoms with E-state index in [9.17, 15) is 8.42 Å². The summed E-state index contributed by atoms with van der Waals surface area (Å²) < 4.78 is 28.7. The Balaban J connectivity index is 1.93. The molecule has 0 amide bonds. The van der Waals surface area contributed by atoms with E-state index < -0.39 is 10.0 Å². The smallest absolute Gasteiger partial charge is 0.243 e. The van der Waals surface area contributed by atoms with Gasteiger partial charge in [0.1, 0.15) is 5.82 Å². The third-order valence-corrected chi connectivity index (χ3v) is 6.00. The Kier molecular flexibility index (Phi) is 3.96. The largest absolute Gasteiger partial charge is 0.333 e. The van der Waals surface area contributed by atoms with Gasteiger partial charge in [-0.2, -0.15) is 4.31 Å². The summed E-state index contributed by atoms with van der Waals surface area (Å²) in [5.41, 5.74) is 0.714. The zero-order valence-corrected chi connectivity index (χ0v) is 13.4. The first-order valence-corrected chi connectivity index (χ1v) is 8.72. The number of sulfonamides is 1. The number of imidazole rings is 1. The van der Waals surface area contributed by atoms with Crippen molar-refractivity contribution in [3.05, 3.63) is 47.0 Å². The number of hydrogen-bond donors (Lipinski definition) is 0. The average molecular weight is 346 g/mol. The maximum Gasteiger partial charge on any atom is 0.243 e. The van der Waals surface area contributed by atoms with Gasteiger partial charge in [0.25, 0.3) is 0 Å². The van der Waals surface area contributed by atoms with Crippen LogP contribution in [0.2, 0.25) is 5.02 Å². The molecule has 21 heavy (non-hydrogen) atoms. The van der Waals surface area contributed by atoms with E-state index in [0.717, 1.165) is 5.82 Å². The van der Waals surface area contributed by atoms with Crippen LogP contribution in [0.3, 0.4) is 0 Å². The molecule has 0 fully saturated rings. The molecule has 0 saturated heterocycles. The molecule has 112 valence electrons. The van der Waals surface area contributed by atoms with Gasteiger partial charge in [-0.05, 0) is 17.7 Å². The first-order valence-electron chi connectivity index (χ1n) is 6.37. The number of halogens is 2. The predicted octanol–water partition coefficient (Wildman–Crippen LogP) is 2.48. The van der Waals surface area contributed by atoms with Crippen molar-refractivity contribution in [3.63, 3.8) is 0 Å². The minimum absolute atomic E-state index is 0.182. The lowest BCUT2D eigenvalue weighted by Gasteiger charge is -2.27. The fraction of sp³-hybridized carbons (Fsp3) is 0.308. The molecule has 0 atom stereocenters. The van der Waals surface area contributed by atoms with Gasteiger partial charge in [0, 0.05) is 36.4 Å². The highest BCUT2D eigenvalue weighted by Crippen LogP contribution is 2.26. The molecular formula is C13H13Cl2N3O2S. The van der Waals surface area contributed by atoms with Gasteiger partial charge in [-0.3, -0.25) is 0 Å². The van der Waals surface area contributed by atoms with Gasteiger partial charge >= 0.3 is 0 Å². The SMILES string of the molecule is O=S(=O)(c1ccc(CCl)c(Cl)c1)N1CCn2ccnc2C1. The average Bonchev–Trinajstić information content (AvgIpc) is 2.94. The predicted molar refractivity (Wildman–Crippen MR) is 80.8 cm³/mol. The lowest BCUT2D eigenvalue weighted by Crippen LogP contribution is -2.38. The van der Waals surface area contributed by atoms with Gasteiger partial charge in [-0.25, -0.2) is 13.4 Å². The first-order chi connectivity index (χ1) is 10.0. The quantitative estimate of drug-likeness (QED) is 0.803. The number of fused-ring (bicyclic) bond motifs is 1. The molecule has 0 bridgehead atoms. The molecule has 1 aromatic carbocycles. The van der Waals surface area contributed by atoms with Crippen LogP contribution in [0.15, 0.2) is 35.5 Å². The second-order valence-electron chi connectivity index (χ2n) is 4.76. The Labute approximate surface area is 133 Å². The molecule has 0 radical (unpaired) electrons. The van der Waals surface area contributed by atoms with Crippen LogP contribution in [0.4, 0.5) is 0 Å². The summed E-state index contributed by atoms with van der Waals surface area (Å²) in [7, 11) is -3.58. The monoisotopic (exact) mass is 345 g/mol. The minimum atomic E-state index is -3.58. The van der Waals surface area contributed by atoms with E-state index in [-0.39, 0.29) is 17.3 Å². The van der Waals surface area contributed by atoms with Crippen LogP contribution in [0, 0.1) is 0 Å². The molecular weight excluding hydrogens is 333 g/mol. The van der Waals surface area contributed by atoms with E-state index in [1.54, 1.807) is 18.3 Å². The molecule has 0 unspecified atom stereocenters. The van der Waals surface area contributed by atoms with Crippen molar-refractivity contribution >= 4 is 33.2 Å². The van der Waals surface area contributed by atoms with E-state index in [2.05, 4.69) is 4.98 Å². The summed E-state index contributed by atoms with van der Waals surface area (Å²) in [5, 5.41) is 0.365. The number of benzene rings is 1. The van der Waals surface area contributed by atoms with Gasteiger partial charge in [-0.15, -0.1) is 11.6 Å². The van der Waals surface area contributed by atoms with Crippen LogP contribution in [0.5, 0.6) is 0 Å². The van der Waals surface area contributed by atoms with Crippen LogP contribution >= 0.6 is 23.2 Å². The minimum Gasteiger partial charge on any atom is -0.333 e. The number of alkyl halides is 1. The molecule has 0 saturated carbocycles. The summed E-state index contributed by atoms with van der Waals surface area (Å²) in [6, 6.07) is 4.64. The number of rotatable bonds is 3. The summed E-state index contributed by atoms with van der Waals surface area (Å²) in [6.45, 7) is 1.28. The Morgan fingerprint density at radius 3 is 2.81 bits per heavy atom. The Bertz CT molecular complexity index is 773. The van der Waals surface area contributed by atoms with Gasteiger partial charge in [0.05, 0.1) is 11.4 Å². The molecule has 2 heterocycles. The highest BCUT2D eigenvalue weighted by Gasteiger charge is 2.29. The Morgan fingerprint density at radius 1 is 1.29 bits per heavy atom. The van der Waals surface area contributed by atoms with E-state index in [4.69, 9.17) is 23.2 Å². The number of nitrogens with zero attached hydrogens (tertiary/aromatic N) is 3. The topological polar surface area (TPSA) is 55.2 Å². The van der Waals surface area contributed by atoms with E-state index in [1.165, 1.54) is 10.4 Å². The second-order valence-corrected chi connectivity index (χ2v) is 7.37. The standard InChI is InChI=1S/C13H13Cl2N3O2S/c14-8-10-1-2-11(7-12(10)15)21(19,20)18-6-5-17-4-3-16-13(17)9-18/h1-4,7H,5-6,8-9H2. The normalized spacial score (nSPS) is 15.9. The number of aromatic nitrogens is 2. The number of hydrogen-bond acceptors (Lipinski definition) is 3. The van der Waals surface area contributed by atoms with Crippen LogP contribution in [-0.2, 0) is 29.0 Å². The lowest BCUT2D eigenvalue weighted by atomic mass is 10.2. The second kappa shape index (κ2) is 5.61. The van der Waals surface area contributed by atoms with Crippen molar-refractivity contribution in [2.45, 2.75) is 23.9 Å². The maximum atomic E-state index is 12.7. The molecule has 0 spiro atoms. The van der Waals surface area contributed by atoms with Crippen LogP contribution < -0.4 is 0 Å². The van der Waals surface area contributed by atoms with E-state index in [0.29, 0.717) is 23.7 Å². The molecule has 5 nitrogen and oxygen atoms in total. The molecule has 1 aliphatic heterocycles. The van der Waals surface area contributed by atoms with Gasteiger partial charge in [0.15, 0.2) is 0 Å². The van der Waals surface area contributed by atoms with E-state index >= 15 is 0 Å². The third kappa shape index (κ3) is 2.68. The van der Waals surface area contributed by atoms with Crippen molar-refractivity contribution in [1.29, 1.82) is 0 Å². The van der Waals surface area contributed by atoms with Crippen LogP contribution in [0.25, 0.3) is 0 Å². The maximum absolute atomic E-state index is 12.7. The molecule has 2 aromatic rings. The Hall–Kier alpha value is -1.08. The van der Waals surface area contributed by atoms with Gasteiger partial charge in [0.2, 0.25) is 10.0 Å². The zero-order chi connectivity index (χ0) is 15.0. The summed E-state index contributed by atoms with van der Waals surface area (Å²) in [6.07, 6.45) is 3.53. The molecule has 3 rings (SSSR count). The van der Waals surface area contributed by atoms with Gasteiger partial charge in [-0.1, -0.05) is 17.7 Å². The highest BCUT2D eigenvalue weighted by atomic mass is 35.5. The third-order valence-electron chi connectivity index (χ3n) is 3.52. The molecule has 1 aromatic heterocycles. The molecule has 0 N–H and O–H groups in total. The van der Waals surface area contributed by atoms with Crippen LogP contribution in [0.1, 0.15) is 11.4 Å². The molecule has 8 heteroatoms. The first kappa shape index (κ1) is 14.8. The van der Waals surface area contributed by atoms with Crippen molar-refractivity contribution in [3.8, 4) is 0 Å². The van der Waals surface area contributed by atoms with E-state index in [1.807, 2.05) is 10.8 Å². The lowest BCUT2D eigenvalue weighted by molar-refractivity contribution is 0.335. The van der Waals surface area contributed by atoms with Crippen molar-refractivity contribution < 1.29 is 8.42 Å². The van der Waals surface area contributed by atoms with Gasteiger partial charge < -0.3 is 4.57 Å². The van der Waals surface area contributed by atoms with Crippen molar-refractivity contribution in [1.82, 2.24) is 13.9 Å². The summed E-state index contributed by atoms with van der Waals surface area (Å²) in [5.74, 6) is 0.994. The molecule has 1 aliphatic rings. The molecule has 0 aliphatic carbocycles. The van der Waals surface area contributed by atoms with Crippen molar-refractivity contribution in [2.24, 2.45) is 0 Å². The highest BCUT2D eigenvalue weighted by molar-refractivity contribution is 7.89. The zero-order valence-electron chi connectivity index (χ0n) is 11.0. The fourth-order valence-electron chi connectivity index (χ4n) is 2.30. The summed E-state index contributed by atoms with van der Waals surface area (Å²) in [4.78, 5) is 4.35. The fourth-order valence-corrected chi connectivity index (χ4v) is 4.33.